The molecule has 0 aliphatic carbocycles. The molecule has 1 aliphatic heterocycles. The molecule has 7 heteroatoms. The standard InChI is InChI=1S/C26H30N4O3/c1-19(2)20-4-10-23(11-5-20)33-17-26(31)30-14-12-29(13-15-30)25-16-24(27-18-28-25)21-6-8-22(32-3)9-7-21/h4-11,16,18-19H,12-15,17H2,1-3H3. The predicted octanol–water partition coefficient (Wildman–Crippen LogP) is 4.00. The summed E-state index contributed by atoms with van der Waals surface area (Å²) in [4.78, 5) is 25.5. The molecule has 0 N–H and O–H groups in total. The summed E-state index contributed by atoms with van der Waals surface area (Å²) >= 11 is 0. The van der Waals surface area contributed by atoms with Gasteiger partial charge in [-0.05, 0) is 47.9 Å². The number of carbonyl (C=O) groups is 1. The summed E-state index contributed by atoms with van der Waals surface area (Å²) in [5, 5.41) is 0. The van der Waals surface area contributed by atoms with Crippen molar-refractivity contribution < 1.29 is 14.3 Å². The highest BCUT2D eigenvalue weighted by molar-refractivity contribution is 5.78. The topological polar surface area (TPSA) is 67.8 Å². The van der Waals surface area contributed by atoms with Crippen molar-refractivity contribution in [2.45, 2.75) is 19.8 Å². The van der Waals surface area contributed by atoms with Crippen LogP contribution in [0.1, 0.15) is 25.3 Å². The minimum atomic E-state index is 0.00388. The molecule has 0 saturated carbocycles. The summed E-state index contributed by atoms with van der Waals surface area (Å²) < 4.78 is 10.9. The second-order valence-electron chi connectivity index (χ2n) is 8.37. The lowest BCUT2D eigenvalue weighted by molar-refractivity contribution is -0.133. The number of carbonyl (C=O) groups excluding carboxylic acids is 1. The molecule has 1 saturated heterocycles. The summed E-state index contributed by atoms with van der Waals surface area (Å²) in [5.74, 6) is 2.87. The first-order chi connectivity index (χ1) is 16.0. The van der Waals surface area contributed by atoms with Gasteiger partial charge in [0.2, 0.25) is 0 Å². The van der Waals surface area contributed by atoms with Crippen molar-refractivity contribution in [3.8, 4) is 22.8 Å². The Balaban J connectivity index is 1.30. The van der Waals surface area contributed by atoms with Crippen LogP contribution < -0.4 is 14.4 Å². The van der Waals surface area contributed by atoms with Crippen molar-refractivity contribution in [1.29, 1.82) is 0 Å². The van der Waals surface area contributed by atoms with Gasteiger partial charge in [0.05, 0.1) is 12.8 Å². The number of anilines is 1. The lowest BCUT2D eigenvalue weighted by atomic mass is 10.0. The highest BCUT2D eigenvalue weighted by atomic mass is 16.5. The summed E-state index contributed by atoms with van der Waals surface area (Å²) in [6.07, 6.45) is 1.59. The van der Waals surface area contributed by atoms with Crippen molar-refractivity contribution in [3.05, 3.63) is 66.5 Å². The van der Waals surface area contributed by atoms with Gasteiger partial charge in [-0.2, -0.15) is 0 Å². The van der Waals surface area contributed by atoms with Gasteiger partial charge >= 0.3 is 0 Å². The molecule has 1 aliphatic rings. The quantitative estimate of drug-likeness (QED) is 0.546. The van der Waals surface area contributed by atoms with E-state index in [9.17, 15) is 4.79 Å². The molecule has 0 atom stereocenters. The van der Waals surface area contributed by atoms with Crippen LogP contribution in [-0.4, -0.2) is 60.7 Å². The van der Waals surface area contributed by atoms with Crippen LogP contribution >= 0.6 is 0 Å². The minimum Gasteiger partial charge on any atom is -0.497 e. The Morgan fingerprint density at radius 1 is 0.939 bits per heavy atom. The van der Waals surface area contributed by atoms with Crippen molar-refractivity contribution in [3.63, 3.8) is 0 Å². The Morgan fingerprint density at radius 2 is 1.61 bits per heavy atom. The molecule has 0 bridgehead atoms. The first-order valence-electron chi connectivity index (χ1n) is 11.3. The van der Waals surface area contributed by atoms with Gasteiger partial charge < -0.3 is 19.3 Å². The molecule has 1 amide bonds. The fourth-order valence-electron chi connectivity index (χ4n) is 3.81. The van der Waals surface area contributed by atoms with E-state index in [0.717, 1.165) is 28.6 Å². The van der Waals surface area contributed by atoms with Crippen molar-refractivity contribution in [2.24, 2.45) is 0 Å². The summed E-state index contributed by atoms with van der Waals surface area (Å²) in [6.45, 7) is 7.06. The molecule has 33 heavy (non-hydrogen) atoms. The maximum atomic E-state index is 12.6. The maximum Gasteiger partial charge on any atom is 0.260 e. The molecule has 1 aromatic heterocycles. The third-order valence-corrected chi connectivity index (χ3v) is 5.90. The van der Waals surface area contributed by atoms with Crippen LogP contribution in [-0.2, 0) is 4.79 Å². The number of hydrogen-bond acceptors (Lipinski definition) is 6. The van der Waals surface area contributed by atoms with Gasteiger partial charge in [-0.1, -0.05) is 26.0 Å². The second kappa shape index (κ2) is 10.3. The van der Waals surface area contributed by atoms with E-state index in [4.69, 9.17) is 9.47 Å². The van der Waals surface area contributed by atoms with E-state index < -0.39 is 0 Å². The molecule has 3 aromatic rings. The molecule has 2 aromatic carbocycles. The number of aromatic nitrogens is 2. The van der Waals surface area contributed by atoms with Crippen LogP contribution in [0.4, 0.5) is 5.82 Å². The number of methoxy groups -OCH3 is 1. The molecule has 1 fully saturated rings. The smallest absolute Gasteiger partial charge is 0.260 e. The van der Waals surface area contributed by atoms with Crippen molar-refractivity contribution >= 4 is 11.7 Å². The van der Waals surface area contributed by atoms with Gasteiger partial charge in [-0.3, -0.25) is 4.79 Å². The van der Waals surface area contributed by atoms with Crippen LogP contribution in [0.25, 0.3) is 11.3 Å². The van der Waals surface area contributed by atoms with E-state index in [2.05, 4.69) is 28.7 Å². The zero-order valence-corrected chi connectivity index (χ0v) is 19.4. The monoisotopic (exact) mass is 446 g/mol. The minimum absolute atomic E-state index is 0.00388. The Morgan fingerprint density at radius 3 is 2.24 bits per heavy atom. The zero-order chi connectivity index (χ0) is 23.2. The molecule has 4 rings (SSSR count). The number of piperazine rings is 1. The largest absolute Gasteiger partial charge is 0.497 e. The Hall–Kier alpha value is -3.61. The molecular formula is C26H30N4O3. The average molecular weight is 447 g/mol. The number of benzene rings is 2. The Bertz CT molecular complexity index is 1060. The SMILES string of the molecule is COc1ccc(-c2cc(N3CCN(C(=O)COc4ccc(C(C)C)cc4)CC3)ncn2)cc1. The van der Waals surface area contributed by atoms with Crippen molar-refractivity contribution in [2.75, 3.05) is 44.8 Å². The summed E-state index contributed by atoms with van der Waals surface area (Å²) in [7, 11) is 1.65. The molecule has 0 radical (unpaired) electrons. The highest BCUT2D eigenvalue weighted by Gasteiger charge is 2.22. The first-order valence-corrected chi connectivity index (χ1v) is 11.3. The fourth-order valence-corrected chi connectivity index (χ4v) is 3.81. The number of nitrogens with zero attached hydrogens (tertiary/aromatic N) is 4. The summed E-state index contributed by atoms with van der Waals surface area (Å²) in [6, 6.07) is 17.7. The molecular weight excluding hydrogens is 416 g/mol. The first kappa shape index (κ1) is 22.6. The van der Waals surface area contributed by atoms with E-state index in [1.807, 2.05) is 59.5 Å². The van der Waals surface area contributed by atoms with Crippen LogP contribution in [0.2, 0.25) is 0 Å². The second-order valence-corrected chi connectivity index (χ2v) is 8.37. The van der Waals surface area contributed by atoms with Gasteiger partial charge in [-0.15, -0.1) is 0 Å². The predicted molar refractivity (Wildman–Crippen MR) is 129 cm³/mol. The van der Waals surface area contributed by atoms with Gasteiger partial charge in [-0.25, -0.2) is 9.97 Å². The normalized spacial score (nSPS) is 13.8. The van der Waals surface area contributed by atoms with Crippen LogP contribution in [0.15, 0.2) is 60.9 Å². The van der Waals surface area contributed by atoms with E-state index in [-0.39, 0.29) is 12.5 Å². The Kier molecular flexibility index (Phi) is 7.07. The van der Waals surface area contributed by atoms with E-state index >= 15 is 0 Å². The van der Waals surface area contributed by atoms with E-state index in [1.165, 1.54) is 5.56 Å². The zero-order valence-electron chi connectivity index (χ0n) is 19.4. The molecule has 0 unspecified atom stereocenters. The van der Waals surface area contributed by atoms with Crippen LogP contribution in [0, 0.1) is 0 Å². The van der Waals surface area contributed by atoms with E-state index in [1.54, 1.807) is 13.4 Å². The van der Waals surface area contributed by atoms with Gasteiger partial charge in [0.15, 0.2) is 6.61 Å². The van der Waals surface area contributed by atoms with Crippen LogP contribution in [0.3, 0.4) is 0 Å². The summed E-state index contributed by atoms with van der Waals surface area (Å²) in [5.41, 5.74) is 3.12. The maximum absolute atomic E-state index is 12.6. The van der Waals surface area contributed by atoms with Crippen LogP contribution in [0.5, 0.6) is 11.5 Å². The van der Waals surface area contributed by atoms with Gasteiger partial charge in [0.25, 0.3) is 5.91 Å². The molecule has 172 valence electrons. The Labute approximate surface area is 195 Å². The number of amides is 1. The number of hydrogen-bond donors (Lipinski definition) is 0. The van der Waals surface area contributed by atoms with E-state index in [0.29, 0.717) is 32.1 Å². The van der Waals surface area contributed by atoms with Crippen molar-refractivity contribution in [1.82, 2.24) is 14.9 Å². The lowest BCUT2D eigenvalue weighted by Gasteiger charge is -2.35. The highest BCUT2D eigenvalue weighted by Crippen LogP contribution is 2.24. The third kappa shape index (κ3) is 5.61. The molecule has 7 nitrogen and oxygen atoms in total. The molecule has 0 spiro atoms. The van der Waals surface area contributed by atoms with Gasteiger partial charge in [0, 0.05) is 37.8 Å². The lowest BCUT2D eigenvalue weighted by Crippen LogP contribution is -2.50. The number of ether oxygens (including phenoxy) is 2. The average Bonchev–Trinajstić information content (AvgIpc) is 2.87. The third-order valence-electron chi connectivity index (χ3n) is 5.90. The van der Waals surface area contributed by atoms with Gasteiger partial charge in [0.1, 0.15) is 23.6 Å². The fraction of sp³-hybridized carbons (Fsp3) is 0.346. The molecule has 2 heterocycles. The number of rotatable bonds is 7.